The molecule has 0 aliphatic rings. The van der Waals surface area contributed by atoms with Crippen LogP contribution >= 0.6 is 0 Å². The molecular formula is C25H24N2O4. The number of nitrogens with one attached hydrogen (secondary N) is 2. The van der Waals surface area contributed by atoms with Gasteiger partial charge in [0, 0.05) is 24.2 Å². The summed E-state index contributed by atoms with van der Waals surface area (Å²) >= 11 is 0. The highest BCUT2D eigenvalue weighted by Gasteiger charge is 2.11. The molecule has 2 amide bonds. The summed E-state index contributed by atoms with van der Waals surface area (Å²) in [6.07, 6.45) is 0.0159. The van der Waals surface area contributed by atoms with Crippen LogP contribution in [0.4, 0.5) is 0 Å². The Morgan fingerprint density at radius 1 is 0.806 bits per heavy atom. The van der Waals surface area contributed by atoms with Crippen LogP contribution in [-0.2, 0) is 11.3 Å². The van der Waals surface area contributed by atoms with Crippen LogP contribution in [0.1, 0.15) is 38.3 Å². The topological polar surface area (TPSA) is 84.5 Å². The van der Waals surface area contributed by atoms with Gasteiger partial charge in [0.2, 0.25) is 0 Å². The molecule has 0 atom stereocenters. The van der Waals surface area contributed by atoms with Gasteiger partial charge in [-0.25, -0.2) is 0 Å². The second kappa shape index (κ2) is 10.7. The zero-order valence-corrected chi connectivity index (χ0v) is 17.3. The van der Waals surface area contributed by atoms with E-state index in [4.69, 9.17) is 4.74 Å². The van der Waals surface area contributed by atoms with Gasteiger partial charge in [-0.1, -0.05) is 54.6 Å². The predicted molar refractivity (Wildman–Crippen MR) is 118 cm³/mol. The van der Waals surface area contributed by atoms with Crippen LogP contribution in [0.5, 0.6) is 5.75 Å². The number of ether oxygens (including phenoxy) is 1. The molecule has 0 radical (unpaired) electrons. The van der Waals surface area contributed by atoms with E-state index >= 15 is 0 Å². The van der Waals surface area contributed by atoms with Gasteiger partial charge in [-0.15, -0.1) is 0 Å². The van der Waals surface area contributed by atoms with Crippen LogP contribution in [0.15, 0.2) is 78.9 Å². The first-order chi connectivity index (χ1) is 15.0. The Bertz CT molecular complexity index is 1060. The van der Waals surface area contributed by atoms with Crippen molar-refractivity contribution in [2.24, 2.45) is 0 Å². The highest BCUT2D eigenvalue weighted by molar-refractivity contribution is 5.96. The molecule has 6 nitrogen and oxygen atoms in total. The van der Waals surface area contributed by atoms with E-state index in [-0.39, 0.29) is 30.5 Å². The molecule has 0 saturated heterocycles. The molecule has 0 heterocycles. The van der Waals surface area contributed by atoms with Gasteiger partial charge in [0.25, 0.3) is 11.8 Å². The number of amides is 2. The minimum absolute atomic E-state index is 0.0159. The Labute approximate surface area is 181 Å². The lowest BCUT2D eigenvalue weighted by Crippen LogP contribution is -2.27. The van der Waals surface area contributed by atoms with Crippen molar-refractivity contribution in [3.05, 3.63) is 101 Å². The molecule has 3 aromatic carbocycles. The van der Waals surface area contributed by atoms with Crippen LogP contribution in [-0.4, -0.2) is 24.3 Å². The van der Waals surface area contributed by atoms with E-state index < -0.39 is 5.97 Å². The third-order valence-corrected chi connectivity index (χ3v) is 4.63. The summed E-state index contributed by atoms with van der Waals surface area (Å²) in [6.45, 7) is 2.42. The number of benzene rings is 3. The largest absolute Gasteiger partial charge is 0.426 e. The third-order valence-electron chi connectivity index (χ3n) is 4.63. The molecule has 0 aliphatic carbocycles. The monoisotopic (exact) mass is 416 g/mol. The van der Waals surface area contributed by atoms with Crippen molar-refractivity contribution in [2.45, 2.75) is 19.9 Å². The molecule has 0 aromatic heterocycles. The SMILES string of the molecule is Cc1ccccc1C(=O)NCCC(=O)Oc1cccc(C(=O)NCc2ccccc2)c1. The van der Waals surface area contributed by atoms with Crippen LogP contribution in [0.2, 0.25) is 0 Å². The summed E-state index contributed by atoms with van der Waals surface area (Å²) in [5.74, 6) is -0.704. The Balaban J connectivity index is 1.47. The molecule has 31 heavy (non-hydrogen) atoms. The summed E-state index contributed by atoms with van der Waals surface area (Å²) in [4.78, 5) is 36.7. The molecular weight excluding hydrogens is 392 g/mol. The Kier molecular flexibility index (Phi) is 7.54. The normalized spacial score (nSPS) is 10.2. The molecule has 6 heteroatoms. The molecule has 2 N–H and O–H groups in total. The van der Waals surface area contributed by atoms with Gasteiger partial charge in [0.15, 0.2) is 0 Å². The van der Waals surface area contributed by atoms with Gasteiger partial charge in [-0.05, 0) is 42.3 Å². The molecule has 0 aliphatic heterocycles. The van der Waals surface area contributed by atoms with Crippen LogP contribution in [0.25, 0.3) is 0 Å². The Morgan fingerprint density at radius 3 is 2.32 bits per heavy atom. The van der Waals surface area contributed by atoms with Gasteiger partial charge < -0.3 is 15.4 Å². The predicted octanol–water partition coefficient (Wildman–Crippen LogP) is 3.65. The first-order valence-electron chi connectivity index (χ1n) is 9.99. The number of carbonyl (C=O) groups excluding carboxylic acids is 3. The van der Waals surface area contributed by atoms with Gasteiger partial charge in [-0.3, -0.25) is 14.4 Å². The van der Waals surface area contributed by atoms with E-state index in [9.17, 15) is 14.4 Å². The van der Waals surface area contributed by atoms with Crippen molar-refractivity contribution in [2.75, 3.05) is 6.54 Å². The fourth-order valence-electron chi connectivity index (χ4n) is 2.96. The van der Waals surface area contributed by atoms with Crippen molar-refractivity contribution >= 4 is 17.8 Å². The average Bonchev–Trinajstić information content (AvgIpc) is 2.78. The van der Waals surface area contributed by atoms with Crippen LogP contribution < -0.4 is 15.4 Å². The Morgan fingerprint density at radius 2 is 1.55 bits per heavy atom. The summed E-state index contributed by atoms with van der Waals surface area (Å²) < 4.78 is 5.31. The maximum atomic E-state index is 12.4. The van der Waals surface area contributed by atoms with E-state index in [0.29, 0.717) is 17.7 Å². The molecule has 0 saturated carbocycles. The molecule has 0 bridgehead atoms. The number of esters is 1. The second-order valence-electron chi connectivity index (χ2n) is 6.99. The van der Waals surface area contributed by atoms with Crippen molar-refractivity contribution in [3.8, 4) is 5.75 Å². The van der Waals surface area contributed by atoms with E-state index in [1.165, 1.54) is 6.07 Å². The molecule has 0 unspecified atom stereocenters. The first-order valence-corrected chi connectivity index (χ1v) is 9.99. The summed E-state index contributed by atoms with van der Waals surface area (Å²) in [7, 11) is 0. The number of hydrogen-bond acceptors (Lipinski definition) is 4. The minimum atomic E-state index is -0.494. The number of rotatable bonds is 8. The first kappa shape index (κ1) is 21.8. The Hall–Kier alpha value is -3.93. The average molecular weight is 416 g/mol. The van der Waals surface area contributed by atoms with Crippen LogP contribution in [0.3, 0.4) is 0 Å². The van der Waals surface area contributed by atoms with Gasteiger partial charge in [0.05, 0.1) is 6.42 Å². The highest BCUT2D eigenvalue weighted by Crippen LogP contribution is 2.14. The second-order valence-corrected chi connectivity index (χ2v) is 6.99. The minimum Gasteiger partial charge on any atom is -0.426 e. The van der Waals surface area contributed by atoms with Gasteiger partial charge >= 0.3 is 5.97 Å². The smallest absolute Gasteiger partial charge is 0.312 e. The lowest BCUT2D eigenvalue weighted by atomic mass is 10.1. The van der Waals surface area contributed by atoms with Crippen molar-refractivity contribution < 1.29 is 19.1 Å². The van der Waals surface area contributed by atoms with Crippen molar-refractivity contribution in [3.63, 3.8) is 0 Å². The number of carbonyl (C=O) groups is 3. The molecule has 0 fully saturated rings. The fourth-order valence-corrected chi connectivity index (χ4v) is 2.96. The maximum Gasteiger partial charge on any atom is 0.312 e. The van der Waals surface area contributed by atoms with Crippen LogP contribution in [0, 0.1) is 6.92 Å². The molecule has 3 aromatic rings. The standard InChI is InChI=1S/C25H24N2O4/c1-18-8-5-6-13-22(18)25(30)26-15-14-23(28)31-21-12-7-11-20(16-21)24(29)27-17-19-9-3-2-4-10-19/h2-13,16H,14-15,17H2,1H3,(H,26,30)(H,27,29). The van der Waals surface area contributed by atoms with E-state index in [0.717, 1.165) is 11.1 Å². The van der Waals surface area contributed by atoms with E-state index in [1.807, 2.05) is 49.4 Å². The lowest BCUT2D eigenvalue weighted by Gasteiger charge is -2.09. The summed E-state index contributed by atoms with van der Waals surface area (Å²) in [5.41, 5.74) is 2.83. The third kappa shape index (κ3) is 6.54. The quantitative estimate of drug-likeness (QED) is 0.434. The highest BCUT2D eigenvalue weighted by atomic mass is 16.5. The fraction of sp³-hybridized carbons (Fsp3) is 0.160. The zero-order chi connectivity index (χ0) is 22.1. The molecule has 0 spiro atoms. The van der Waals surface area contributed by atoms with E-state index in [2.05, 4.69) is 10.6 Å². The molecule has 158 valence electrons. The number of aryl methyl sites for hydroxylation is 1. The zero-order valence-electron chi connectivity index (χ0n) is 17.3. The maximum absolute atomic E-state index is 12.4. The van der Waals surface area contributed by atoms with E-state index in [1.54, 1.807) is 30.3 Å². The molecule has 3 rings (SSSR count). The lowest BCUT2D eigenvalue weighted by molar-refractivity contribution is -0.134. The summed E-state index contributed by atoms with van der Waals surface area (Å²) in [5, 5.41) is 5.55. The van der Waals surface area contributed by atoms with Crippen molar-refractivity contribution in [1.29, 1.82) is 0 Å². The number of hydrogen-bond donors (Lipinski definition) is 2. The van der Waals surface area contributed by atoms with Gasteiger partial charge in [-0.2, -0.15) is 0 Å². The van der Waals surface area contributed by atoms with Gasteiger partial charge in [0.1, 0.15) is 5.75 Å². The van der Waals surface area contributed by atoms with Crippen molar-refractivity contribution in [1.82, 2.24) is 10.6 Å². The summed E-state index contributed by atoms with van der Waals surface area (Å²) in [6, 6.07) is 23.3.